The Morgan fingerprint density at radius 3 is 2.77 bits per heavy atom. The number of fused-ring (bicyclic) bond motifs is 4. The molecule has 3 atom stereocenters. The smallest absolute Gasteiger partial charge is 0.262 e. The highest BCUT2D eigenvalue weighted by Crippen LogP contribution is 2.56. The van der Waals surface area contributed by atoms with E-state index in [0.29, 0.717) is 16.3 Å². The first-order chi connectivity index (χ1) is 14.2. The molecular weight excluding hydrogens is 414 g/mol. The minimum Gasteiger partial charge on any atom is -0.490 e. The molecule has 0 bridgehead atoms. The molecule has 3 heterocycles. The number of amides is 1. The molecule has 9 heteroatoms. The van der Waals surface area contributed by atoms with Crippen LogP contribution in [0.15, 0.2) is 41.7 Å². The SMILES string of the molecule is CN1C(=O)C2(N=C1N)c1cc(-c3cncc(Cl)c3)ccc1OC1CCC(F)(F)CC12. The first-order valence-electron chi connectivity index (χ1n) is 9.65. The van der Waals surface area contributed by atoms with Gasteiger partial charge in [0.05, 0.1) is 5.02 Å². The fraction of sp³-hybridized carbons (Fsp3) is 0.381. The van der Waals surface area contributed by atoms with Gasteiger partial charge in [0.1, 0.15) is 11.9 Å². The number of pyridine rings is 1. The minimum atomic E-state index is -2.89. The van der Waals surface area contributed by atoms with Crippen LogP contribution in [0.25, 0.3) is 11.1 Å². The van der Waals surface area contributed by atoms with E-state index in [0.717, 1.165) is 11.1 Å². The number of halogens is 3. The molecular formula is C21H19ClF2N4O2. The molecule has 2 aromatic rings. The number of aliphatic imine (C=N–C) groups is 1. The van der Waals surface area contributed by atoms with E-state index >= 15 is 0 Å². The summed E-state index contributed by atoms with van der Waals surface area (Å²) in [5.74, 6) is -3.67. The molecule has 1 aromatic carbocycles. The zero-order chi connectivity index (χ0) is 21.3. The van der Waals surface area contributed by atoms with Crippen molar-refractivity contribution in [3.05, 3.63) is 47.2 Å². The number of nitrogens with zero attached hydrogens (tertiary/aromatic N) is 3. The lowest BCUT2D eigenvalue weighted by Gasteiger charge is -2.47. The molecule has 3 aliphatic rings. The van der Waals surface area contributed by atoms with Gasteiger partial charge >= 0.3 is 0 Å². The molecule has 2 aliphatic heterocycles. The highest BCUT2D eigenvalue weighted by molar-refractivity contribution is 6.30. The molecule has 156 valence electrons. The lowest BCUT2D eigenvalue weighted by Crippen LogP contribution is -2.56. The van der Waals surface area contributed by atoms with Crippen LogP contribution >= 0.6 is 11.6 Å². The third-order valence-corrected chi connectivity index (χ3v) is 6.48. The molecule has 1 fully saturated rings. The first kappa shape index (κ1) is 19.2. The van der Waals surface area contributed by atoms with Crippen LogP contribution in [0.4, 0.5) is 8.78 Å². The summed E-state index contributed by atoms with van der Waals surface area (Å²) in [6.45, 7) is 0. The normalized spacial score (nSPS) is 29.3. The van der Waals surface area contributed by atoms with Crippen molar-refractivity contribution in [3.8, 4) is 16.9 Å². The van der Waals surface area contributed by atoms with Crippen LogP contribution in [0.3, 0.4) is 0 Å². The van der Waals surface area contributed by atoms with Crippen LogP contribution < -0.4 is 10.5 Å². The molecule has 6 nitrogen and oxygen atoms in total. The quantitative estimate of drug-likeness (QED) is 0.746. The van der Waals surface area contributed by atoms with Crippen molar-refractivity contribution in [1.82, 2.24) is 9.88 Å². The van der Waals surface area contributed by atoms with Crippen molar-refractivity contribution in [2.45, 2.75) is 36.8 Å². The number of carbonyl (C=O) groups excluding carboxylic acids is 1. The number of alkyl halides is 2. The van der Waals surface area contributed by atoms with Crippen molar-refractivity contribution < 1.29 is 18.3 Å². The number of hydrogen-bond donors (Lipinski definition) is 1. The predicted octanol–water partition coefficient (Wildman–Crippen LogP) is 3.58. The van der Waals surface area contributed by atoms with Crippen LogP contribution in [0, 0.1) is 5.92 Å². The number of rotatable bonds is 1. The van der Waals surface area contributed by atoms with Gasteiger partial charge in [0.2, 0.25) is 5.92 Å². The molecule has 5 rings (SSSR count). The zero-order valence-electron chi connectivity index (χ0n) is 16.1. The van der Waals surface area contributed by atoms with E-state index in [4.69, 9.17) is 22.1 Å². The van der Waals surface area contributed by atoms with Crippen molar-refractivity contribution in [1.29, 1.82) is 0 Å². The van der Waals surface area contributed by atoms with Crippen molar-refractivity contribution in [2.24, 2.45) is 16.6 Å². The predicted molar refractivity (Wildman–Crippen MR) is 107 cm³/mol. The van der Waals surface area contributed by atoms with Gasteiger partial charge in [-0.15, -0.1) is 0 Å². The van der Waals surface area contributed by atoms with Crippen LogP contribution in [-0.4, -0.2) is 40.8 Å². The Morgan fingerprint density at radius 2 is 2.07 bits per heavy atom. The number of benzene rings is 1. The first-order valence-corrected chi connectivity index (χ1v) is 10.0. The Hall–Kier alpha value is -2.74. The number of guanidine groups is 1. The lowest BCUT2D eigenvalue weighted by molar-refractivity contribution is -0.145. The van der Waals surface area contributed by atoms with Crippen molar-refractivity contribution in [2.75, 3.05) is 7.05 Å². The largest absolute Gasteiger partial charge is 0.490 e. The monoisotopic (exact) mass is 432 g/mol. The Bertz CT molecular complexity index is 1090. The van der Waals surface area contributed by atoms with Crippen LogP contribution in [-0.2, 0) is 10.3 Å². The number of carbonyl (C=O) groups is 1. The topological polar surface area (TPSA) is 80.8 Å². The summed E-state index contributed by atoms with van der Waals surface area (Å²) in [5.41, 5.74) is 6.35. The second-order valence-electron chi connectivity index (χ2n) is 8.06. The fourth-order valence-corrected chi connectivity index (χ4v) is 4.96. The highest BCUT2D eigenvalue weighted by Gasteiger charge is 2.63. The van der Waals surface area contributed by atoms with Crippen LogP contribution in [0.1, 0.15) is 24.8 Å². The van der Waals surface area contributed by atoms with Crippen molar-refractivity contribution in [3.63, 3.8) is 0 Å². The number of aromatic nitrogens is 1. The van der Waals surface area contributed by atoms with E-state index < -0.39 is 35.8 Å². The Kier molecular flexibility index (Phi) is 4.09. The van der Waals surface area contributed by atoms with E-state index in [-0.39, 0.29) is 18.8 Å². The van der Waals surface area contributed by atoms with Gasteiger partial charge in [-0.3, -0.25) is 14.7 Å². The maximum Gasteiger partial charge on any atom is 0.262 e. The summed E-state index contributed by atoms with van der Waals surface area (Å²) in [6.07, 6.45) is 1.99. The summed E-state index contributed by atoms with van der Waals surface area (Å²) in [5, 5.41) is 0.460. The molecule has 2 N–H and O–H groups in total. The lowest BCUT2D eigenvalue weighted by atomic mass is 9.66. The summed E-state index contributed by atoms with van der Waals surface area (Å²) in [7, 11) is 1.51. The van der Waals surface area contributed by atoms with E-state index in [1.165, 1.54) is 18.1 Å². The average Bonchev–Trinajstić information content (AvgIpc) is 2.93. The summed E-state index contributed by atoms with van der Waals surface area (Å²) >= 11 is 6.07. The van der Waals surface area contributed by atoms with Gasteiger partial charge in [-0.25, -0.2) is 13.8 Å². The number of ether oxygens (including phenoxy) is 1. The van der Waals surface area contributed by atoms with Crippen LogP contribution in [0.2, 0.25) is 5.02 Å². The van der Waals surface area contributed by atoms with Gasteiger partial charge < -0.3 is 10.5 Å². The molecule has 3 unspecified atom stereocenters. The van der Waals surface area contributed by atoms with Gasteiger partial charge in [0.25, 0.3) is 5.91 Å². The number of likely N-dealkylation sites (N-methyl/N-ethyl adjacent to an activating group) is 1. The van der Waals surface area contributed by atoms with E-state index in [1.54, 1.807) is 24.4 Å². The fourth-order valence-electron chi connectivity index (χ4n) is 4.79. The molecule has 1 spiro atoms. The Balaban J connectivity index is 1.72. The number of hydrogen-bond acceptors (Lipinski definition) is 5. The molecule has 1 aliphatic carbocycles. The van der Waals surface area contributed by atoms with Gasteiger partial charge in [-0.2, -0.15) is 0 Å². The molecule has 1 saturated carbocycles. The highest BCUT2D eigenvalue weighted by atomic mass is 35.5. The van der Waals surface area contributed by atoms with Crippen molar-refractivity contribution >= 4 is 23.5 Å². The van der Waals surface area contributed by atoms with E-state index in [1.807, 2.05) is 6.07 Å². The Labute approximate surface area is 176 Å². The summed E-state index contributed by atoms with van der Waals surface area (Å²) in [6, 6.07) is 7.06. The van der Waals surface area contributed by atoms with E-state index in [9.17, 15) is 13.6 Å². The third kappa shape index (κ3) is 2.70. The van der Waals surface area contributed by atoms with Gasteiger partial charge in [-0.1, -0.05) is 17.7 Å². The summed E-state index contributed by atoms with van der Waals surface area (Å²) in [4.78, 5) is 23.3. The van der Waals surface area contributed by atoms with Gasteiger partial charge in [0.15, 0.2) is 11.5 Å². The number of nitrogens with two attached hydrogens (primary N) is 1. The zero-order valence-corrected chi connectivity index (χ0v) is 16.9. The van der Waals surface area contributed by atoms with Crippen LogP contribution in [0.5, 0.6) is 5.75 Å². The minimum absolute atomic E-state index is 0.00955. The maximum atomic E-state index is 14.4. The third-order valence-electron chi connectivity index (χ3n) is 6.27. The summed E-state index contributed by atoms with van der Waals surface area (Å²) < 4.78 is 34.9. The Morgan fingerprint density at radius 1 is 1.27 bits per heavy atom. The van der Waals surface area contributed by atoms with Gasteiger partial charge in [-0.05, 0) is 30.2 Å². The van der Waals surface area contributed by atoms with Gasteiger partial charge in [0, 0.05) is 49.3 Å². The molecule has 1 amide bonds. The second-order valence-corrected chi connectivity index (χ2v) is 8.50. The average molecular weight is 433 g/mol. The molecule has 0 saturated heterocycles. The maximum absolute atomic E-state index is 14.4. The second kappa shape index (κ2) is 6.38. The van der Waals surface area contributed by atoms with E-state index in [2.05, 4.69) is 9.98 Å². The molecule has 30 heavy (non-hydrogen) atoms. The standard InChI is InChI=1S/C21H19ClF2N4O2/c1-28-18(29)21(27-19(28)25)14-7-11(12-6-13(22)10-26-9-12)2-3-16(14)30-17-4-5-20(23,24)8-15(17)21/h2-3,6-7,9-10,15,17H,4-5,8H2,1H3,(H2,25,27). The molecule has 1 aromatic heterocycles. The molecule has 0 radical (unpaired) electrons.